The predicted molar refractivity (Wildman–Crippen MR) is 108 cm³/mol. The largest absolute Gasteiger partial charge is 0.309 e. The minimum absolute atomic E-state index is 0.228. The summed E-state index contributed by atoms with van der Waals surface area (Å²) in [5, 5.41) is 0. The van der Waals surface area contributed by atoms with E-state index in [0.29, 0.717) is 12.3 Å². The fraction of sp³-hybridized carbons (Fsp3) is 0.435. The lowest BCUT2D eigenvalue weighted by molar-refractivity contribution is -0.119. The minimum Gasteiger partial charge on any atom is -0.309 e. The molecule has 1 heterocycles. The Kier molecular flexibility index (Phi) is 6.45. The molecule has 0 saturated carbocycles. The third kappa shape index (κ3) is 4.53. The number of amides is 1. The van der Waals surface area contributed by atoms with Gasteiger partial charge in [0.25, 0.3) is 0 Å². The van der Waals surface area contributed by atoms with Crippen LogP contribution in [0.5, 0.6) is 0 Å². The molecule has 3 heteroatoms. The van der Waals surface area contributed by atoms with Gasteiger partial charge in [0.1, 0.15) is 0 Å². The highest BCUT2D eigenvalue weighted by molar-refractivity contribution is 5.93. The lowest BCUT2D eigenvalue weighted by atomic mass is 9.91. The van der Waals surface area contributed by atoms with Gasteiger partial charge in [0.15, 0.2) is 0 Å². The smallest absolute Gasteiger partial charge is 0.226 e. The zero-order valence-electron chi connectivity index (χ0n) is 16.0. The maximum atomic E-state index is 12.7. The molecule has 3 rings (SSSR count). The van der Waals surface area contributed by atoms with Crippen LogP contribution in [0.25, 0.3) is 0 Å². The average Bonchev–Trinajstić information content (AvgIpc) is 2.69. The molecule has 1 saturated heterocycles. The van der Waals surface area contributed by atoms with E-state index < -0.39 is 0 Å². The maximum absolute atomic E-state index is 12.7. The fourth-order valence-electron chi connectivity index (χ4n) is 4.02. The van der Waals surface area contributed by atoms with Crippen molar-refractivity contribution >= 4 is 11.6 Å². The first kappa shape index (κ1) is 18.7. The number of carbonyl (C=O) groups excluding carboxylic acids is 1. The summed E-state index contributed by atoms with van der Waals surface area (Å²) in [6, 6.07) is 21.1. The lowest BCUT2D eigenvalue weighted by Crippen LogP contribution is -2.52. The van der Waals surface area contributed by atoms with Crippen molar-refractivity contribution in [1.82, 2.24) is 4.90 Å². The summed E-state index contributed by atoms with van der Waals surface area (Å²) < 4.78 is 0. The van der Waals surface area contributed by atoms with Gasteiger partial charge in [0, 0.05) is 37.8 Å². The van der Waals surface area contributed by atoms with E-state index in [1.165, 1.54) is 5.56 Å². The second kappa shape index (κ2) is 9.00. The van der Waals surface area contributed by atoms with Gasteiger partial charge >= 0.3 is 0 Å². The third-order valence-corrected chi connectivity index (χ3v) is 5.44. The molecule has 0 spiro atoms. The van der Waals surface area contributed by atoms with E-state index >= 15 is 0 Å². The Bertz CT molecular complexity index is 686. The average molecular weight is 351 g/mol. The van der Waals surface area contributed by atoms with E-state index in [1.54, 1.807) is 0 Å². The first-order chi connectivity index (χ1) is 12.7. The number of piperidine rings is 1. The summed E-state index contributed by atoms with van der Waals surface area (Å²) in [4.78, 5) is 17.3. The van der Waals surface area contributed by atoms with Crippen molar-refractivity contribution in [1.29, 1.82) is 0 Å². The molecule has 0 N–H and O–H groups in total. The maximum Gasteiger partial charge on any atom is 0.226 e. The Labute approximate surface area is 157 Å². The van der Waals surface area contributed by atoms with Gasteiger partial charge in [-0.2, -0.15) is 0 Å². The van der Waals surface area contributed by atoms with Gasteiger partial charge in [-0.05, 0) is 36.5 Å². The Balaban J connectivity index is 1.64. The number of para-hydroxylation sites is 1. The van der Waals surface area contributed by atoms with Crippen molar-refractivity contribution < 1.29 is 4.79 Å². The minimum atomic E-state index is 0.228. The van der Waals surface area contributed by atoms with Crippen molar-refractivity contribution in [2.45, 2.75) is 39.2 Å². The normalized spacial score (nSPS) is 20.7. The van der Waals surface area contributed by atoms with Crippen LogP contribution in [-0.2, 0) is 11.2 Å². The van der Waals surface area contributed by atoms with Gasteiger partial charge in [-0.15, -0.1) is 0 Å². The molecule has 2 aromatic rings. The van der Waals surface area contributed by atoms with Gasteiger partial charge in [-0.25, -0.2) is 0 Å². The molecule has 2 atom stereocenters. The standard InChI is InChI=1S/C23H30N2O/c1-3-23(26)25(21-12-8-5-9-13-21)22-15-17-24(18-19(22)2)16-14-20-10-6-4-7-11-20/h4-13,19,22H,3,14-18H2,1-2H3/t19?,22-/m1/s1. The molecule has 1 aliphatic heterocycles. The van der Waals surface area contributed by atoms with Gasteiger partial charge in [0.05, 0.1) is 0 Å². The topological polar surface area (TPSA) is 23.6 Å². The van der Waals surface area contributed by atoms with Crippen LogP contribution in [0.3, 0.4) is 0 Å². The predicted octanol–water partition coefficient (Wildman–Crippen LogP) is 4.38. The monoisotopic (exact) mass is 350 g/mol. The highest BCUT2D eigenvalue weighted by Crippen LogP contribution is 2.28. The van der Waals surface area contributed by atoms with E-state index in [1.807, 2.05) is 25.1 Å². The highest BCUT2D eigenvalue weighted by Gasteiger charge is 2.33. The number of carbonyl (C=O) groups is 1. The molecule has 2 aromatic carbocycles. The molecule has 0 bridgehead atoms. The summed E-state index contributed by atoms with van der Waals surface area (Å²) >= 11 is 0. The molecule has 0 aliphatic carbocycles. The zero-order valence-corrected chi connectivity index (χ0v) is 16.0. The molecular formula is C23H30N2O. The van der Waals surface area contributed by atoms with Gasteiger partial charge in [0.2, 0.25) is 5.91 Å². The Morgan fingerprint density at radius 1 is 1.08 bits per heavy atom. The molecule has 3 nitrogen and oxygen atoms in total. The molecule has 1 unspecified atom stereocenters. The highest BCUT2D eigenvalue weighted by atomic mass is 16.2. The van der Waals surface area contributed by atoms with E-state index in [9.17, 15) is 4.79 Å². The summed E-state index contributed by atoms with van der Waals surface area (Å²) in [5.41, 5.74) is 2.43. The van der Waals surface area contributed by atoms with Gasteiger partial charge in [-0.3, -0.25) is 4.79 Å². The number of hydrogen-bond donors (Lipinski definition) is 0. The van der Waals surface area contributed by atoms with E-state index in [2.05, 4.69) is 59.2 Å². The second-order valence-corrected chi connectivity index (χ2v) is 7.32. The molecule has 1 amide bonds. The number of benzene rings is 2. The van der Waals surface area contributed by atoms with Crippen LogP contribution in [0.1, 0.15) is 32.3 Å². The van der Waals surface area contributed by atoms with Crippen molar-refractivity contribution in [3.05, 3.63) is 66.2 Å². The second-order valence-electron chi connectivity index (χ2n) is 7.32. The summed E-state index contributed by atoms with van der Waals surface area (Å²) in [6.07, 6.45) is 2.68. The molecule has 1 aliphatic rings. The van der Waals surface area contributed by atoms with E-state index in [0.717, 1.165) is 38.2 Å². The lowest BCUT2D eigenvalue weighted by Gasteiger charge is -2.42. The molecule has 138 valence electrons. The Morgan fingerprint density at radius 2 is 1.73 bits per heavy atom. The molecule has 26 heavy (non-hydrogen) atoms. The molecule has 0 radical (unpaired) electrons. The van der Waals surface area contributed by atoms with Crippen molar-refractivity contribution in [3.8, 4) is 0 Å². The number of nitrogens with zero attached hydrogens (tertiary/aromatic N) is 2. The van der Waals surface area contributed by atoms with Gasteiger partial charge in [-0.1, -0.05) is 62.4 Å². The van der Waals surface area contributed by atoms with Gasteiger partial charge < -0.3 is 9.80 Å². The van der Waals surface area contributed by atoms with Crippen molar-refractivity contribution in [2.75, 3.05) is 24.5 Å². The van der Waals surface area contributed by atoms with Crippen LogP contribution in [0.15, 0.2) is 60.7 Å². The first-order valence-corrected chi connectivity index (χ1v) is 9.82. The number of rotatable bonds is 6. The summed E-state index contributed by atoms with van der Waals surface area (Å²) in [6.45, 7) is 7.45. The number of likely N-dealkylation sites (tertiary alicyclic amines) is 1. The quantitative estimate of drug-likeness (QED) is 0.772. The van der Waals surface area contributed by atoms with E-state index in [-0.39, 0.29) is 11.9 Å². The van der Waals surface area contributed by atoms with E-state index in [4.69, 9.17) is 0 Å². The van der Waals surface area contributed by atoms with Crippen LogP contribution in [-0.4, -0.2) is 36.5 Å². The number of anilines is 1. The summed E-state index contributed by atoms with van der Waals surface area (Å²) in [7, 11) is 0. The fourth-order valence-corrected chi connectivity index (χ4v) is 4.02. The van der Waals surface area contributed by atoms with Crippen LogP contribution >= 0.6 is 0 Å². The molecular weight excluding hydrogens is 320 g/mol. The Hall–Kier alpha value is -2.13. The zero-order chi connectivity index (χ0) is 18.4. The van der Waals surface area contributed by atoms with Crippen LogP contribution in [0, 0.1) is 5.92 Å². The van der Waals surface area contributed by atoms with Crippen LogP contribution < -0.4 is 4.90 Å². The Morgan fingerprint density at radius 3 is 2.35 bits per heavy atom. The molecule has 1 fully saturated rings. The molecule has 0 aromatic heterocycles. The van der Waals surface area contributed by atoms with Crippen LogP contribution in [0.4, 0.5) is 5.69 Å². The number of hydrogen-bond acceptors (Lipinski definition) is 2. The summed E-state index contributed by atoms with van der Waals surface area (Å²) in [5.74, 6) is 0.695. The SMILES string of the molecule is CCC(=O)N(c1ccccc1)[C@@H]1CCN(CCc2ccccc2)CC1C. The van der Waals surface area contributed by atoms with Crippen molar-refractivity contribution in [2.24, 2.45) is 5.92 Å². The first-order valence-electron chi connectivity index (χ1n) is 9.82. The van der Waals surface area contributed by atoms with Crippen LogP contribution in [0.2, 0.25) is 0 Å². The van der Waals surface area contributed by atoms with Crippen molar-refractivity contribution in [3.63, 3.8) is 0 Å². The third-order valence-electron chi connectivity index (χ3n) is 5.44.